The molecular formula is C20H19N3O2. The molecule has 1 aliphatic rings. The lowest BCUT2D eigenvalue weighted by Gasteiger charge is -2.19. The zero-order valence-electron chi connectivity index (χ0n) is 14.1. The van der Waals surface area contributed by atoms with E-state index < -0.39 is 0 Å². The first-order chi connectivity index (χ1) is 12.2. The highest BCUT2D eigenvalue weighted by Crippen LogP contribution is 2.26. The number of nitrogens with zero attached hydrogens (tertiary/aromatic N) is 3. The van der Waals surface area contributed by atoms with E-state index in [9.17, 15) is 4.79 Å². The Morgan fingerprint density at radius 2 is 1.88 bits per heavy atom. The van der Waals surface area contributed by atoms with Crippen LogP contribution in [-0.2, 0) is 12.8 Å². The van der Waals surface area contributed by atoms with Gasteiger partial charge in [-0.1, -0.05) is 30.3 Å². The van der Waals surface area contributed by atoms with Crippen LogP contribution in [0.5, 0.6) is 0 Å². The molecule has 3 heterocycles. The number of carbonyl (C=O) groups excluding carboxylic acids is 1. The van der Waals surface area contributed by atoms with Crippen molar-refractivity contribution in [2.24, 2.45) is 0 Å². The average molecular weight is 333 g/mol. The zero-order valence-corrected chi connectivity index (χ0v) is 14.1. The third-order valence-corrected chi connectivity index (χ3v) is 4.71. The van der Waals surface area contributed by atoms with Gasteiger partial charge in [0.05, 0.1) is 17.5 Å². The molecule has 2 aromatic heterocycles. The quantitative estimate of drug-likeness (QED) is 0.722. The molecule has 5 heteroatoms. The molecule has 1 amide bonds. The first kappa shape index (κ1) is 15.6. The predicted octanol–water partition coefficient (Wildman–Crippen LogP) is 3.29. The van der Waals surface area contributed by atoms with Crippen LogP contribution in [0.4, 0.5) is 0 Å². The van der Waals surface area contributed by atoms with E-state index in [1.807, 2.05) is 30.0 Å². The van der Waals surface area contributed by atoms with Crippen LogP contribution in [0.3, 0.4) is 0 Å². The topological polar surface area (TPSA) is 59.2 Å². The van der Waals surface area contributed by atoms with Crippen molar-refractivity contribution in [3.05, 3.63) is 71.6 Å². The van der Waals surface area contributed by atoms with Gasteiger partial charge in [0.15, 0.2) is 0 Å². The van der Waals surface area contributed by atoms with Crippen molar-refractivity contribution in [3.8, 4) is 11.3 Å². The number of aromatic nitrogens is 2. The number of carbonyl (C=O) groups is 1. The summed E-state index contributed by atoms with van der Waals surface area (Å²) in [5, 5.41) is 0. The summed E-state index contributed by atoms with van der Waals surface area (Å²) in [5.74, 6) is 0.685. The van der Waals surface area contributed by atoms with E-state index in [-0.39, 0.29) is 5.91 Å². The summed E-state index contributed by atoms with van der Waals surface area (Å²) >= 11 is 0. The molecule has 0 aliphatic carbocycles. The fourth-order valence-corrected chi connectivity index (χ4v) is 3.35. The monoisotopic (exact) mass is 333 g/mol. The van der Waals surface area contributed by atoms with E-state index in [1.165, 1.54) is 0 Å². The fourth-order valence-electron chi connectivity index (χ4n) is 3.35. The second-order valence-electron chi connectivity index (χ2n) is 6.20. The Hall–Kier alpha value is -2.95. The molecule has 1 aliphatic heterocycles. The Labute approximate surface area is 146 Å². The lowest BCUT2D eigenvalue weighted by atomic mass is 10.0. The van der Waals surface area contributed by atoms with Crippen molar-refractivity contribution < 1.29 is 9.21 Å². The Morgan fingerprint density at radius 1 is 1.08 bits per heavy atom. The van der Waals surface area contributed by atoms with Gasteiger partial charge in [-0.25, -0.2) is 9.97 Å². The highest BCUT2D eigenvalue weighted by atomic mass is 16.3. The largest absolute Gasteiger partial charge is 0.469 e. The lowest BCUT2D eigenvalue weighted by Crippen LogP contribution is -2.33. The fraction of sp³-hybridized carbons (Fsp3) is 0.250. The van der Waals surface area contributed by atoms with Crippen molar-refractivity contribution >= 4 is 5.91 Å². The number of aryl methyl sites for hydroxylation is 1. The molecule has 0 saturated carbocycles. The van der Waals surface area contributed by atoms with Gasteiger partial charge in [0.25, 0.3) is 5.91 Å². The van der Waals surface area contributed by atoms with Crippen LogP contribution in [0, 0.1) is 6.92 Å². The average Bonchev–Trinajstić information content (AvgIpc) is 2.96. The smallest absolute Gasteiger partial charge is 0.257 e. The first-order valence-corrected chi connectivity index (χ1v) is 8.45. The minimum absolute atomic E-state index is 0.0216. The maximum atomic E-state index is 12.8. The molecule has 1 aromatic carbocycles. The van der Waals surface area contributed by atoms with Crippen molar-refractivity contribution in [1.82, 2.24) is 14.9 Å². The molecule has 0 bridgehead atoms. The van der Waals surface area contributed by atoms with Gasteiger partial charge in [0.2, 0.25) is 0 Å². The Balaban J connectivity index is 1.62. The van der Waals surface area contributed by atoms with E-state index >= 15 is 0 Å². The Bertz CT molecular complexity index is 902. The van der Waals surface area contributed by atoms with Crippen molar-refractivity contribution in [3.63, 3.8) is 0 Å². The molecule has 4 rings (SSSR count). The zero-order chi connectivity index (χ0) is 17.2. The number of benzene rings is 1. The number of hydrogen-bond donors (Lipinski definition) is 0. The Kier molecular flexibility index (Phi) is 4.06. The second kappa shape index (κ2) is 6.51. The van der Waals surface area contributed by atoms with Crippen molar-refractivity contribution in [1.29, 1.82) is 0 Å². The number of furan rings is 1. The van der Waals surface area contributed by atoms with E-state index in [1.54, 1.807) is 18.7 Å². The minimum Gasteiger partial charge on any atom is -0.469 e. The van der Waals surface area contributed by atoms with Crippen LogP contribution in [0.1, 0.15) is 27.4 Å². The van der Waals surface area contributed by atoms with Gasteiger partial charge < -0.3 is 9.32 Å². The van der Waals surface area contributed by atoms with Gasteiger partial charge in [0.1, 0.15) is 12.1 Å². The molecule has 5 nitrogen and oxygen atoms in total. The molecule has 0 spiro atoms. The summed E-state index contributed by atoms with van der Waals surface area (Å²) in [5.41, 5.74) is 4.88. The molecule has 126 valence electrons. The van der Waals surface area contributed by atoms with E-state index in [0.717, 1.165) is 35.4 Å². The van der Waals surface area contributed by atoms with Crippen LogP contribution in [0.15, 0.2) is 53.4 Å². The second-order valence-corrected chi connectivity index (χ2v) is 6.20. The molecule has 3 aromatic rings. The molecule has 0 saturated heterocycles. The van der Waals surface area contributed by atoms with E-state index in [2.05, 4.69) is 22.1 Å². The molecule has 0 N–H and O–H groups in total. The maximum Gasteiger partial charge on any atom is 0.257 e. The summed E-state index contributed by atoms with van der Waals surface area (Å²) < 4.78 is 5.28. The molecule has 0 radical (unpaired) electrons. The normalized spacial score (nSPS) is 14.0. The van der Waals surface area contributed by atoms with Gasteiger partial charge in [-0.3, -0.25) is 4.79 Å². The van der Waals surface area contributed by atoms with Gasteiger partial charge in [-0.2, -0.15) is 0 Å². The Morgan fingerprint density at radius 3 is 2.64 bits per heavy atom. The van der Waals surface area contributed by atoms with Crippen LogP contribution in [-0.4, -0.2) is 33.9 Å². The molecule has 0 fully saturated rings. The van der Waals surface area contributed by atoms with Crippen LogP contribution < -0.4 is 0 Å². The van der Waals surface area contributed by atoms with Crippen molar-refractivity contribution in [2.75, 3.05) is 13.1 Å². The number of hydrogen-bond acceptors (Lipinski definition) is 4. The molecule has 25 heavy (non-hydrogen) atoms. The summed E-state index contributed by atoms with van der Waals surface area (Å²) in [6.07, 6.45) is 4.68. The standard InChI is InChI=1S/C20H19N3O2/c1-14-16(9-12-25-14)20(24)23-10-7-17-18(8-11-23)21-13-22-19(17)15-5-3-2-4-6-15/h2-6,9,12-13H,7-8,10-11H2,1H3. The lowest BCUT2D eigenvalue weighted by molar-refractivity contribution is 0.0761. The minimum atomic E-state index is 0.0216. The summed E-state index contributed by atoms with van der Waals surface area (Å²) in [6.45, 7) is 3.13. The number of rotatable bonds is 2. The van der Waals surface area contributed by atoms with Gasteiger partial charge in [0, 0.05) is 36.3 Å². The predicted molar refractivity (Wildman–Crippen MR) is 94.2 cm³/mol. The SMILES string of the molecule is Cc1occc1C(=O)N1CCc2ncnc(-c3ccccc3)c2CC1. The molecule has 0 unspecified atom stereocenters. The summed E-state index contributed by atoms with van der Waals surface area (Å²) in [4.78, 5) is 23.6. The molecular weight excluding hydrogens is 314 g/mol. The summed E-state index contributed by atoms with van der Waals surface area (Å²) in [6, 6.07) is 11.9. The van der Waals surface area contributed by atoms with Crippen LogP contribution in [0.2, 0.25) is 0 Å². The molecule has 0 atom stereocenters. The highest BCUT2D eigenvalue weighted by Gasteiger charge is 2.24. The third kappa shape index (κ3) is 2.93. The number of amides is 1. The number of fused-ring (bicyclic) bond motifs is 1. The highest BCUT2D eigenvalue weighted by molar-refractivity contribution is 5.95. The van der Waals surface area contributed by atoms with Gasteiger partial charge >= 0.3 is 0 Å². The first-order valence-electron chi connectivity index (χ1n) is 8.45. The van der Waals surface area contributed by atoms with E-state index in [0.29, 0.717) is 24.4 Å². The third-order valence-electron chi connectivity index (χ3n) is 4.71. The van der Waals surface area contributed by atoms with Gasteiger partial charge in [-0.15, -0.1) is 0 Å². The maximum absolute atomic E-state index is 12.8. The van der Waals surface area contributed by atoms with E-state index in [4.69, 9.17) is 4.42 Å². The van der Waals surface area contributed by atoms with Crippen LogP contribution >= 0.6 is 0 Å². The summed E-state index contributed by atoms with van der Waals surface area (Å²) in [7, 11) is 0. The van der Waals surface area contributed by atoms with Crippen LogP contribution in [0.25, 0.3) is 11.3 Å². The van der Waals surface area contributed by atoms with Crippen molar-refractivity contribution in [2.45, 2.75) is 19.8 Å². The van der Waals surface area contributed by atoms with Gasteiger partial charge in [-0.05, 0) is 19.4 Å².